The molecule has 0 saturated carbocycles. The van der Waals surface area contributed by atoms with Gasteiger partial charge in [-0.1, -0.05) is 5.16 Å². The van der Waals surface area contributed by atoms with Crippen LogP contribution in [-0.4, -0.2) is 69.6 Å². The minimum atomic E-state index is -5.08. The number of likely N-dealkylation sites (tertiary alicyclic amines) is 1. The summed E-state index contributed by atoms with van der Waals surface area (Å²) in [6.07, 6.45) is -3.26. The molecule has 32 heavy (non-hydrogen) atoms. The molecule has 1 spiro atoms. The van der Waals surface area contributed by atoms with Crippen LogP contribution in [0.15, 0.2) is 16.0 Å². The molecule has 1 unspecified atom stereocenters. The number of thiazole rings is 1. The number of hydrogen-bond acceptors (Lipinski definition) is 8. The third-order valence-corrected chi connectivity index (χ3v) is 5.74. The van der Waals surface area contributed by atoms with Crippen LogP contribution in [0.3, 0.4) is 0 Å². The van der Waals surface area contributed by atoms with Crippen LogP contribution in [0.1, 0.15) is 39.8 Å². The van der Waals surface area contributed by atoms with Gasteiger partial charge in [-0.3, -0.25) is 4.79 Å². The van der Waals surface area contributed by atoms with E-state index in [0.717, 1.165) is 23.5 Å². The first-order valence-electron chi connectivity index (χ1n) is 9.67. The highest BCUT2D eigenvalue weighted by Gasteiger charge is 2.50. The van der Waals surface area contributed by atoms with Crippen molar-refractivity contribution in [2.75, 3.05) is 19.7 Å². The SMILES string of the molecule is Cc1cc(C(=O)N2CC3(CC(OCc4csc(C)n4)CCO3)C2)no1.O=C(O)C(F)(F)F. The van der Waals surface area contributed by atoms with Crippen LogP contribution < -0.4 is 0 Å². The summed E-state index contributed by atoms with van der Waals surface area (Å²) in [7, 11) is 0. The van der Waals surface area contributed by atoms with Gasteiger partial charge in [0, 0.05) is 24.5 Å². The van der Waals surface area contributed by atoms with Crippen LogP contribution >= 0.6 is 11.3 Å². The molecule has 2 aromatic rings. The van der Waals surface area contributed by atoms with Crippen LogP contribution in [0.4, 0.5) is 13.2 Å². The van der Waals surface area contributed by atoms with E-state index in [-0.39, 0.29) is 17.6 Å². The molecule has 2 aromatic heterocycles. The summed E-state index contributed by atoms with van der Waals surface area (Å²) in [6.45, 7) is 6.12. The number of aryl methyl sites for hydroxylation is 2. The fourth-order valence-electron chi connectivity index (χ4n) is 3.45. The molecule has 1 N–H and O–H groups in total. The molecule has 176 valence electrons. The molecule has 0 aliphatic carbocycles. The van der Waals surface area contributed by atoms with Gasteiger partial charge in [0.2, 0.25) is 0 Å². The molecule has 0 bridgehead atoms. The Hall–Kier alpha value is -2.51. The maximum Gasteiger partial charge on any atom is 0.490 e. The number of amides is 1. The van der Waals surface area contributed by atoms with E-state index >= 15 is 0 Å². The van der Waals surface area contributed by atoms with Crippen LogP contribution in [0.2, 0.25) is 0 Å². The average Bonchev–Trinajstić information content (AvgIpc) is 3.32. The van der Waals surface area contributed by atoms with Crippen LogP contribution in [0, 0.1) is 13.8 Å². The van der Waals surface area contributed by atoms with Gasteiger partial charge < -0.3 is 24.0 Å². The number of carbonyl (C=O) groups excluding carboxylic acids is 1. The Morgan fingerprint density at radius 1 is 1.38 bits per heavy atom. The molecule has 2 aliphatic rings. The maximum absolute atomic E-state index is 12.4. The summed E-state index contributed by atoms with van der Waals surface area (Å²) in [5.74, 6) is -2.22. The van der Waals surface area contributed by atoms with Crippen molar-refractivity contribution in [3.63, 3.8) is 0 Å². The first-order valence-corrected chi connectivity index (χ1v) is 10.5. The number of rotatable bonds is 4. The van der Waals surface area contributed by atoms with E-state index in [0.29, 0.717) is 37.8 Å². The summed E-state index contributed by atoms with van der Waals surface area (Å²) in [4.78, 5) is 27.4. The second-order valence-corrected chi connectivity index (χ2v) is 8.66. The number of alkyl halides is 3. The van der Waals surface area contributed by atoms with E-state index in [2.05, 4.69) is 10.1 Å². The number of carbonyl (C=O) groups is 2. The Labute approximate surface area is 185 Å². The van der Waals surface area contributed by atoms with Crippen LogP contribution in [-0.2, 0) is 20.9 Å². The summed E-state index contributed by atoms with van der Waals surface area (Å²) in [5.41, 5.74) is 1.06. The van der Waals surface area contributed by atoms with Gasteiger partial charge in [-0.15, -0.1) is 11.3 Å². The summed E-state index contributed by atoms with van der Waals surface area (Å²) in [6, 6.07) is 1.66. The van der Waals surface area contributed by atoms with Crippen molar-refractivity contribution in [1.29, 1.82) is 0 Å². The number of nitrogens with zero attached hydrogens (tertiary/aromatic N) is 3. The molecule has 1 atom stereocenters. The van der Waals surface area contributed by atoms with E-state index in [1.807, 2.05) is 12.3 Å². The lowest BCUT2D eigenvalue weighted by molar-refractivity contribution is -0.192. The summed E-state index contributed by atoms with van der Waals surface area (Å²) < 4.78 is 48.7. The van der Waals surface area contributed by atoms with Crippen molar-refractivity contribution in [3.05, 3.63) is 33.6 Å². The lowest BCUT2D eigenvalue weighted by Crippen LogP contribution is -2.67. The molecule has 0 radical (unpaired) electrons. The third-order valence-electron chi connectivity index (χ3n) is 4.92. The number of ether oxygens (including phenoxy) is 2. The van der Waals surface area contributed by atoms with Crippen molar-refractivity contribution < 1.29 is 41.9 Å². The van der Waals surface area contributed by atoms with Gasteiger partial charge in [0.1, 0.15) is 11.4 Å². The molecule has 0 aromatic carbocycles. The van der Waals surface area contributed by atoms with E-state index in [9.17, 15) is 18.0 Å². The van der Waals surface area contributed by atoms with E-state index in [4.69, 9.17) is 23.9 Å². The smallest absolute Gasteiger partial charge is 0.475 e. The largest absolute Gasteiger partial charge is 0.490 e. The zero-order valence-corrected chi connectivity index (χ0v) is 18.2. The maximum atomic E-state index is 12.4. The molecule has 4 heterocycles. The van der Waals surface area contributed by atoms with Crippen molar-refractivity contribution in [2.24, 2.45) is 0 Å². The first kappa shape index (κ1) is 24.1. The van der Waals surface area contributed by atoms with Gasteiger partial charge >= 0.3 is 12.1 Å². The van der Waals surface area contributed by atoms with Crippen molar-refractivity contribution in [1.82, 2.24) is 15.0 Å². The van der Waals surface area contributed by atoms with E-state index in [1.54, 1.807) is 29.2 Å². The number of aliphatic carboxylic acids is 1. The predicted octanol–water partition coefficient (Wildman–Crippen LogP) is 2.97. The normalized spacial score (nSPS) is 19.8. The average molecular weight is 477 g/mol. The van der Waals surface area contributed by atoms with Gasteiger partial charge in [-0.05, 0) is 20.3 Å². The lowest BCUT2D eigenvalue weighted by atomic mass is 9.84. The summed E-state index contributed by atoms with van der Waals surface area (Å²) in [5, 5.41) is 14.0. The quantitative estimate of drug-likeness (QED) is 0.715. The molecule has 1 amide bonds. The standard InChI is InChI=1S/C17H21N3O4S.C2HF3O2/c1-11-5-15(19-24-11)16(21)20-9-17(10-20)6-14(3-4-23-17)22-7-13-8-25-12(2)18-13;3-2(4,5)1(6)7/h5,8,14H,3-4,6-7,9-10H2,1-2H3;(H,6,7). The predicted molar refractivity (Wildman–Crippen MR) is 104 cm³/mol. The Balaban J connectivity index is 0.000000360. The lowest BCUT2D eigenvalue weighted by Gasteiger charge is -2.52. The Bertz CT molecular complexity index is 954. The Kier molecular flexibility index (Phi) is 7.20. The zero-order chi connectivity index (χ0) is 23.5. The molecular weight excluding hydrogens is 455 g/mol. The van der Waals surface area contributed by atoms with Gasteiger partial charge in [0.15, 0.2) is 5.69 Å². The molecule has 2 aliphatic heterocycles. The molecule has 4 rings (SSSR count). The molecule has 13 heteroatoms. The number of hydrogen-bond donors (Lipinski definition) is 1. The third kappa shape index (κ3) is 6.04. The molecule has 9 nitrogen and oxygen atoms in total. The first-order chi connectivity index (χ1) is 15.0. The van der Waals surface area contributed by atoms with Crippen molar-refractivity contribution in [2.45, 2.75) is 51.2 Å². The van der Waals surface area contributed by atoms with Gasteiger partial charge in [0.05, 0.1) is 36.5 Å². The molecule has 2 saturated heterocycles. The number of aromatic nitrogens is 2. The monoisotopic (exact) mass is 477 g/mol. The minimum Gasteiger partial charge on any atom is -0.475 e. The highest BCUT2D eigenvalue weighted by Crippen LogP contribution is 2.36. The van der Waals surface area contributed by atoms with Gasteiger partial charge in [-0.2, -0.15) is 13.2 Å². The highest BCUT2D eigenvalue weighted by molar-refractivity contribution is 7.09. The second-order valence-electron chi connectivity index (χ2n) is 7.60. The molecule has 2 fully saturated rings. The zero-order valence-electron chi connectivity index (χ0n) is 17.3. The number of carboxylic acid groups (broad SMARTS) is 1. The Morgan fingerprint density at radius 3 is 2.59 bits per heavy atom. The van der Waals surface area contributed by atoms with Crippen LogP contribution in [0.5, 0.6) is 0 Å². The Morgan fingerprint density at radius 2 is 2.06 bits per heavy atom. The van der Waals surface area contributed by atoms with Gasteiger partial charge in [-0.25, -0.2) is 9.78 Å². The minimum absolute atomic E-state index is 0.105. The van der Waals surface area contributed by atoms with Gasteiger partial charge in [0.25, 0.3) is 5.91 Å². The highest BCUT2D eigenvalue weighted by atomic mass is 32.1. The topological polar surface area (TPSA) is 115 Å². The molecular formula is C19H22F3N3O6S. The van der Waals surface area contributed by atoms with Crippen molar-refractivity contribution in [3.8, 4) is 0 Å². The van der Waals surface area contributed by atoms with E-state index in [1.165, 1.54) is 0 Å². The second kappa shape index (κ2) is 9.55. The number of carboxylic acids is 1. The van der Waals surface area contributed by atoms with E-state index < -0.39 is 12.1 Å². The fourth-order valence-corrected chi connectivity index (χ4v) is 4.04. The number of halogens is 3. The van der Waals surface area contributed by atoms with Crippen LogP contribution in [0.25, 0.3) is 0 Å². The van der Waals surface area contributed by atoms with Crippen molar-refractivity contribution >= 4 is 23.2 Å². The fraction of sp³-hybridized carbons (Fsp3) is 0.579. The summed E-state index contributed by atoms with van der Waals surface area (Å²) >= 11 is 1.64.